The number of anilines is 1. The lowest BCUT2D eigenvalue weighted by molar-refractivity contribution is -0.117. The average molecular weight is 374 g/mol. The normalized spacial score (nSPS) is 11.0. The van der Waals surface area contributed by atoms with Crippen LogP contribution < -0.4 is 5.32 Å². The zero-order valence-corrected chi connectivity index (χ0v) is 14.5. The van der Waals surface area contributed by atoms with Gasteiger partial charge in [-0.2, -0.15) is 5.10 Å². The Kier molecular flexibility index (Phi) is 5.56. The van der Waals surface area contributed by atoms with E-state index in [1.54, 1.807) is 22.8 Å². The number of amides is 1. The fourth-order valence-electron chi connectivity index (χ4n) is 2.59. The number of halogens is 3. The molecule has 0 aliphatic carbocycles. The molecule has 0 saturated carbocycles. The van der Waals surface area contributed by atoms with Crippen molar-refractivity contribution >= 4 is 11.6 Å². The Hall–Kier alpha value is -3.13. The number of benzene rings is 2. The van der Waals surface area contributed by atoms with Crippen molar-refractivity contribution in [3.63, 3.8) is 0 Å². The minimum absolute atomic E-state index is 0.0606. The van der Waals surface area contributed by atoms with E-state index in [0.717, 1.165) is 23.4 Å². The average Bonchev–Trinajstić information content (AvgIpc) is 3.11. The highest BCUT2D eigenvalue weighted by Gasteiger charge is 2.16. The maximum atomic E-state index is 13.6. The molecule has 1 heterocycles. The van der Waals surface area contributed by atoms with Crippen LogP contribution in [-0.4, -0.2) is 34.2 Å². The van der Waals surface area contributed by atoms with E-state index in [2.05, 4.69) is 10.4 Å². The van der Waals surface area contributed by atoms with Gasteiger partial charge in [-0.1, -0.05) is 18.2 Å². The van der Waals surface area contributed by atoms with Gasteiger partial charge in [-0.3, -0.25) is 9.69 Å². The number of likely N-dealkylation sites (N-methyl/N-ethyl adjacent to an activating group) is 1. The molecule has 8 heteroatoms. The SMILES string of the molecule is CN(CC(=O)Nc1ccc(F)c(F)c1F)Cc1cnn(-c2ccccc2)c1. The number of nitrogens with zero attached hydrogens (tertiary/aromatic N) is 3. The highest BCUT2D eigenvalue weighted by molar-refractivity contribution is 5.92. The summed E-state index contributed by atoms with van der Waals surface area (Å²) < 4.78 is 41.5. The molecule has 2 aromatic carbocycles. The predicted octanol–water partition coefficient (Wildman–Crippen LogP) is 3.36. The van der Waals surface area contributed by atoms with Crippen molar-refractivity contribution in [1.29, 1.82) is 0 Å². The maximum absolute atomic E-state index is 13.6. The molecule has 5 nitrogen and oxygen atoms in total. The molecular formula is C19H17F3N4O. The van der Waals surface area contributed by atoms with Gasteiger partial charge in [0.15, 0.2) is 17.5 Å². The molecule has 140 valence electrons. The van der Waals surface area contributed by atoms with Crippen LogP contribution in [0.3, 0.4) is 0 Å². The summed E-state index contributed by atoms with van der Waals surface area (Å²) in [5.74, 6) is -4.89. The van der Waals surface area contributed by atoms with E-state index in [1.807, 2.05) is 36.5 Å². The van der Waals surface area contributed by atoms with E-state index in [-0.39, 0.29) is 6.54 Å². The van der Waals surface area contributed by atoms with Crippen LogP contribution in [0.4, 0.5) is 18.9 Å². The summed E-state index contributed by atoms with van der Waals surface area (Å²) >= 11 is 0. The Morgan fingerprint density at radius 2 is 1.85 bits per heavy atom. The summed E-state index contributed by atoms with van der Waals surface area (Å²) in [6.45, 7) is 0.371. The lowest BCUT2D eigenvalue weighted by Gasteiger charge is -2.15. The monoisotopic (exact) mass is 374 g/mol. The Balaban J connectivity index is 1.58. The molecule has 0 aliphatic rings. The van der Waals surface area contributed by atoms with Crippen molar-refractivity contribution in [3.8, 4) is 5.69 Å². The van der Waals surface area contributed by atoms with Gasteiger partial charge < -0.3 is 5.32 Å². The molecule has 0 radical (unpaired) electrons. The highest BCUT2D eigenvalue weighted by atomic mass is 19.2. The third-order valence-corrected chi connectivity index (χ3v) is 3.83. The van der Waals surface area contributed by atoms with Crippen LogP contribution in [0.2, 0.25) is 0 Å². The van der Waals surface area contributed by atoms with Crippen LogP contribution >= 0.6 is 0 Å². The zero-order valence-electron chi connectivity index (χ0n) is 14.5. The van der Waals surface area contributed by atoms with Crippen molar-refractivity contribution < 1.29 is 18.0 Å². The van der Waals surface area contributed by atoms with Gasteiger partial charge in [-0.25, -0.2) is 17.9 Å². The van der Waals surface area contributed by atoms with Crippen molar-refractivity contribution in [2.45, 2.75) is 6.54 Å². The number of aromatic nitrogens is 2. The number of hydrogen-bond donors (Lipinski definition) is 1. The second-order valence-corrected chi connectivity index (χ2v) is 6.07. The number of para-hydroxylation sites is 1. The fraction of sp³-hybridized carbons (Fsp3) is 0.158. The molecule has 1 amide bonds. The predicted molar refractivity (Wildman–Crippen MR) is 94.8 cm³/mol. The number of hydrogen-bond acceptors (Lipinski definition) is 3. The Labute approximate surface area is 154 Å². The quantitative estimate of drug-likeness (QED) is 0.673. The first-order valence-electron chi connectivity index (χ1n) is 8.15. The third-order valence-electron chi connectivity index (χ3n) is 3.83. The molecule has 3 rings (SSSR count). The van der Waals surface area contributed by atoms with Gasteiger partial charge >= 0.3 is 0 Å². The van der Waals surface area contributed by atoms with Gasteiger partial charge in [0.05, 0.1) is 24.1 Å². The molecule has 1 aromatic heterocycles. The van der Waals surface area contributed by atoms with Crippen LogP contribution in [0.5, 0.6) is 0 Å². The Morgan fingerprint density at radius 3 is 2.59 bits per heavy atom. The summed E-state index contributed by atoms with van der Waals surface area (Å²) in [4.78, 5) is 13.7. The zero-order chi connectivity index (χ0) is 19.4. The Bertz CT molecular complexity index is 943. The van der Waals surface area contributed by atoms with Crippen molar-refractivity contribution in [2.24, 2.45) is 0 Å². The van der Waals surface area contributed by atoms with Crippen molar-refractivity contribution in [1.82, 2.24) is 14.7 Å². The van der Waals surface area contributed by atoms with Gasteiger partial charge in [0, 0.05) is 18.3 Å². The van der Waals surface area contributed by atoms with E-state index >= 15 is 0 Å². The lowest BCUT2D eigenvalue weighted by Crippen LogP contribution is -2.30. The fourth-order valence-corrected chi connectivity index (χ4v) is 2.59. The largest absolute Gasteiger partial charge is 0.322 e. The molecule has 0 saturated heterocycles. The van der Waals surface area contributed by atoms with Crippen LogP contribution in [0.1, 0.15) is 5.56 Å². The molecule has 0 fully saturated rings. The van der Waals surface area contributed by atoms with Gasteiger partial charge in [-0.15, -0.1) is 0 Å². The third kappa shape index (κ3) is 4.53. The molecule has 3 aromatic rings. The maximum Gasteiger partial charge on any atom is 0.238 e. The van der Waals surface area contributed by atoms with E-state index < -0.39 is 29.0 Å². The molecule has 1 N–H and O–H groups in total. The summed E-state index contributed by atoms with van der Waals surface area (Å²) in [5.41, 5.74) is 1.40. The molecule has 27 heavy (non-hydrogen) atoms. The molecule has 0 aliphatic heterocycles. The summed E-state index contributed by atoms with van der Waals surface area (Å²) in [5, 5.41) is 6.52. The summed E-state index contributed by atoms with van der Waals surface area (Å²) in [6.07, 6.45) is 3.54. The summed E-state index contributed by atoms with van der Waals surface area (Å²) in [6, 6.07) is 11.3. The van der Waals surface area contributed by atoms with Crippen molar-refractivity contribution in [3.05, 3.63) is 77.9 Å². The van der Waals surface area contributed by atoms with E-state index in [9.17, 15) is 18.0 Å². The van der Waals surface area contributed by atoms with Gasteiger partial charge in [-0.05, 0) is 31.3 Å². The van der Waals surface area contributed by atoms with Crippen LogP contribution in [0, 0.1) is 17.5 Å². The summed E-state index contributed by atoms with van der Waals surface area (Å²) in [7, 11) is 1.71. The number of rotatable bonds is 6. The minimum atomic E-state index is -1.62. The first kappa shape index (κ1) is 18.7. The van der Waals surface area contributed by atoms with Crippen LogP contribution in [-0.2, 0) is 11.3 Å². The first-order chi connectivity index (χ1) is 12.9. The molecule has 0 unspecified atom stereocenters. The molecule has 0 atom stereocenters. The minimum Gasteiger partial charge on any atom is -0.322 e. The molecule has 0 bridgehead atoms. The van der Waals surface area contributed by atoms with E-state index in [4.69, 9.17) is 0 Å². The van der Waals surface area contributed by atoms with E-state index in [0.29, 0.717) is 6.54 Å². The van der Waals surface area contributed by atoms with Crippen molar-refractivity contribution in [2.75, 3.05) is 18.9 Å². The highest BCUT2D eigenvalue weighted by Crippen LogP contribution is 2.19. The number of carbonyl (C=O) groups is 1. The molecular weight excluding hydrogens is 357 g/mol. The first-order valence-corrected chi connectivity index (χ1v) is 8.15. The van der Waals surface area contributed by atoms with Gasteiger partial charge in [0.2, 0.25) is 5.91 Å². The Morgan fingerprint density at radius 1 is 1.11 bits per heavy atom. The second-order valence-electron chi connectivity index (χ2n) is 6.07. The lowest BCUT2D eigenvalue weighted by atomic mass is 10.2. The number of nitrogens with one attached hydrogen (secondary N) is 1. The van der Waals surface area contributed by atoms with Gasteiger partial charge in [0.1, 0.15) is 0 Å². The standard InChI is InChI=1S/C19H17F3N4O/c1-25(10-13-9-23-26(11-13)14-5-3-2-4-6-14)12-17(27)24-16-8-7-15(20)18(21)19(16)22/h2-9,11H,10,12H2,1H3,(H,24,27). The smallest absolute Gasteiger partial charge is 0.238 e. The topological polar surface area (TPSA) is 50.2 Å². The molecule has 0 spiro atoms. The van der Waals surface area contributed by atoms with E-state index in [1.165, 1.54) is 0 Å². The van der Waals surface area contributed by atoms with Gasteiger partial charge in [0.25, 0.3) is 0 Å². The van der Waals surface area contributed by atoms with Crippen LogP contribution in [0.25, 0.3) is 5.69 Å². The number of carbonyl (C=O) groups excluding carboxylic acids is 1. The van der Waals surface area contributed by atoms with Crippen LogP contribution in [0.15, 0.2) is 54.9 Å². The second kappa shape index (κ2) is 8.05.